The molecule has 138 valence electrons. The number of carbonyl (C=O) groups excluding carboxylic acids is 1. The van der Waals surface area contributed by atoms with E-state index in [1.165, 1.54) is 18.0 Å². The maximum atomic E-state index is 11.8. The van der Waals surface area contributed by atoms with E-state index in [2.05, 4.69) is 36.9 Å². The zero-order valence-corrected chi connectivity index (χ0v) is 15.9. The molecule has 1 aromatic rings. The largest absolute Gasteiger partial charge is 0.355 e. The van der Waals surface area contributed by atoms with Crippen molar-refractivity contribution in [2.75, 3.05) is 59.9 Å². The molecule has 2 bridgehead atoms. The van der Waals surface area contributed by atoms with Crippen molar-refractivity contribution in [3.63, 3.8) is 0 Å². The molecule has 3 fully saturated rings. The first kappa shape index (κ1) is 18.2. The number of nitrogens with zero attached hydrogens (tertiary/aromatic N) is 4. The minimum Gasteiger partial charge on any atom is -0.355 e. The fraction of sp³-hybridized carbons (Fsp3) is 0.647. The van der Waals surface area contributed by atoms with E-state index in [1.807, 2.05) is 6.07 Å². The molecule has 3 aliphatic rings. The topological polar surface area (TPSA) is 63.2 Å². The van der Waals surface area contributed by atoms with Gasteiger partial charge in [0.1, 0.15) is 6.54 Å². The molecule has 0 aliphatic carbocycles. The number of nitrogens with one attached hydrogen (secondary N) is 2. The number of guanidine groups is 1. The van der Waals surface area contributed by atoms with Crippen molar-refractivity contribution in [2.45, 2.75) is 12.6 Å². The van der Waals surface area contributed by atoms with Crippen LogP contribution in [0.15, 0.2) is 22.5 Å². The van der Waals surface area contributed by atoms with E-state index < -0.39 is 0 Å². The van der Waals surface area contributed by atoms with Gasteiger partial charge in [-0.2, -0.15) is 0 Å². The Balaban J connectivity index is 1.55. The molecule has 2 N–H and O–H groups in total. The Bertz CT molecular complexity index is 580. The highest BCUT2D eigenvalue weighted by Crippen LogP contribution is 2.14. The Kier molecular flexibility index (Phi) is 6.28. The van der Waals surface area contributed by atoms with Gasteiger partial charge in [0, 0.05) is 64.3 Å². The van der Waals surface area contributed by atoms with E-state index >= 15 is 0 Å². The molecule has 4 heterocycles. The molecule has 3 aliphatic heterocycles. The summed E-state index contributed by atoms with van der Waals surface area (Å²) in [5.41, 5.74) is 0. The molecule has 0 aromatic carbocycles. The number of likely N-dealkylation sites (N-methyl/N-ethyl adjacent to an activating group) is 1. The quantitative estimate of drug-likeness (QED) is 0.544. The van der Waals surface area contributed by atoms with Gasteiger partial charge in [-0.15, -0.1) is 11.3 Å². The van der Waals surface area contributed by atoms with Gasteiger partial charge >= 0.3 is 0 Å². The van der Waals surface area contributed by atoms with E-state index in [9.17, 15) is 4.79 Å². The highest BCUT2D eigenvalue weighted by molar-refractivity contribution is 7.09. The normalized spacial score (nSPS) is 25.7. The van der Waals surface area contributed by atoms with Crippen molar-refractivity contribution in [1.82, 2.24) is 25.3 Å². The second kappa shape index (κ2) is 8.64. The molecule has 1 atom stereocenters. The van der Waals surface area contributed by atoms with Crippen molar-refractivity contribution in [2.24, 2.45) is 4.99 Å². The molecule has 8 heteroatoms. The van der Waals surface area contributed by atoms with Gasteiger partial charge in [0.15, 0.2) is 5.96 Å². The van der Waals surface area contributed by atoms with Crippen molar-refractivity contribution < 1.29 is 4.79 Å². The summed E-state index contributed by atoms with van der Waals surface area (Å²) in [6.07, 6.45) is 0. The number of rotatable bonds is 6. The average Bonchev–Trinajstić information content (AvgIpc) is 3.15. The molecule has 0 radical (unpaired) electrons. The van der Waals surface area contributed by atoms with Crippen LogP contribution in [-0.4, -0.2) is 92.5 Å². The summed E-state index contributed by atoms with van der Waals surface area (Å²) in [5.74, 6) is 0.713. The van der Waals surface area contributed by atoms with Crippen LogP contribution in [0.1, 0.15) is 4.88 Å². The molecule has 4 rings (SSSR count). The lowest BCUT2D eigenvalue weighted by atomic mass is 10.1. The minimum atomic E-state index is 0.00353. The molecule has 0 spiro atoms. The third-order valence-corrected chi connectivity index (χ3v) is 5.66. The molecule has 1 amide bonds. The number of hydrogen-bond donors (Lipinski definition) is 2. The van der Waals surface area contributed by atoms with Gasteiger partial charge < -0.3 is 15.5 Å². The SMILES string of the molecule is CN(C)C(=O)CN=C(NCc1cccs1)NCC1CN2CCN1CC2. The standard InChI is InChI=1S/C17H28N6OS/c1-21(2)16(24)12-20-17(19-11-15-4-3-9-25-15)18-10-14-13-22-5-7-23(14)8-6-22/h3-4,9,14H,5-8,10-13H2,1-2H3,(H2,18,19,20). The van der Waals surface area contributed by atoms with Crippen LogP contribution in [0.5, 0.6) is 0 Å². The Hall–Kier alpha value is -1.64. The second-order valence-electron chi connectivity index (χ2n) is 6.76. The summed E-state index contributed by atoms with van der Waals surface area (Å²) in [4.78, 5) is 24.2. The smallest absolute Gasteiger partial charge is 0.243 e. The second-order valence-corrected chi connectivity index (χ2v) is 7.79. The molecule has 0 saturated carbocycles. The van der Waals surface area contributed by atoms with Crippen LogP contribution in [-0.2, 0) is 11.3 Å². The highest BCUT2D eigenvalue weighted by Gasteiger charge is 2.31. The minimum absolute atomic E-state index is 0.00353. The zero-order valence-electron chi connectivity index (χ0n) is 15.1. The number of thiophene rings is 1. The first-order chi connectivity index (χ1) is 12.1. The van der Waals surface area contributed by atoms with Crippen LogP contribution in [0.2, 0.25) is 0 Å². The van der Waals surface area contributed by atoms with Crippen LogP contribution < -0.4 is 10.6 Å². The number of hydrogen-bond acceptors (Lipinski definition) is 5. The molecule has 7 nitrogen and oxygen atoms in total. The van der Waals surface area contributed by atoms with Gasteiger partial charge in [-0.1, -0.05) is 6.07 Å². The lowest BCUT2D eigenvalue weighted by Crippen LogP contribution is -2.63. The van der Waals surface area contributed by atoms with Crippen LogP contribution in [0.25, 0.3) is 0 Å². The molecule has 3 saturated heterocycles. The fourth-order valence-corrected chi connectivity index (χ4v) is 3.82. The Labute approximate surface area is 153 Å². The summed E-state index contributed by atoms with van der Waals surface area (Å²) in [5, 5.41) is 8.85. The molecule has 25 heavy (non-hydrogen) atoms. The van der Waals surface area contributed by atoms with E-state index in [-0.39, 0.29) is 12.5 Å². The number of fused-ring (bicyclic) bond motifs is 3. The molecular weight excluding hydrogens is 336 g/mol. The summed E-state index contributed by atoms with van der Waals surface area (Å²) < 4.78 is 0. The van der Waals surface area contributed by atoms with Crippen LogP contribution in [0, 0.1) is 0 Å². The maximum absolute atomic E-state index is 11.8. The van der Waals surface area contributed by atoms with Gasteiger partial charge in [-0.3, -0.25) is 14.6 Å². The average molecular weight is 365 g/mol. The number of aliphatic imine (C=N–C) groups is 1. The maximum Gasteiger partial charge on any atom is 0.243 e. The Morgan fingerprint density at radius 2 is 2.12 bits per heavy atom. The first-order valence-corrected chi connectivity index (χ1v) is 9.71. The van der Waals surface area contributed by atoms with Gasteiger partial charge in [-0.25, -0.2) is 4.99 Å². The van der Waals surface area contributed by atoms with Crippen LogP contribution in [0.3, 0.4) is 0 Å². The molecule has 1 aromatic heterocycles. The van der Waals surface area contributed by atoms with Gasteiger partial charge in [0.05, 0.1) is 6.54 Å². The van der Waals surface area contributed by atoms with E-state index in [4.69, 9.17) is 0 Å². The zero-order chi connectivity index (χ0) is 17.6. The number of piperazine rings is 3. The van der Waals surface area contributed by atoms with Crippen LogP contribution in [0.4, 0.5) is 0 Å². The lowest BCUT2D eigenvalue weighted by Gasteiger charge is -2.47. The van der Waals surface area contributed by atoms with Crippen molar-refractivity contribution in [3.8, 4) is 0 Å². The van der Waals surface area contributed by atoms with Gasteiger partial charge in [-0.05, 0) is 11.4 Å². The Morgan fingerprint density at radius 1 is 1.32 bits per heavy atom. The molecule has 1 unspecified atom stereocenters. The summed E-state index contributed by atoms with van der Waals surface area (Å²) >= 11 is 1.71. The van der Waals surface area contributed by atoms with E-state index in [0.717, 1.165) is 32.7 Å². The van der Waals surface area contributed by atoms with Crippen molar-refractivity contribution in [1.29, 1.82) is 0 Å². The van der Waals surface area contributed by atoms with E-state index in [1.54, 1.807) is 30.3 Å². The summed E-state index contributed by atoms with van der Waals surface area (Å²) in [7, 11) is 3.51. The predicted molar refractivity (Wildman–Crippen MR) is 102 cm³/mol. The van der Waals surface area contributed by atoms with Gasteiger partial charge in [0.25, 0.3) is 0 Å². The monoisotopic (exact) mass is 364 g/mol. The van der Waals surface area contributed by atoms with Crippen molar-refractivity contribution in [3.05, 3.63) is 22.4 Å². The third-order valence-electron chi connectivity index (χ3n) is 4.78. The molecular formula is C17H28N6OS. The fourth-order valence-electron chi connectivity index (χ4n) is 3.18. The Morgan fingerprint density at radius 3 is 2.72 bits per heavy atom. The summed E-state index contributed by atoms with van der Waals surface area (Å²) in [6, 6.07) is 4.65. The number of amides is 1. The first-order valence-electron chi connectivity index (χ1n) is 8.83. The highest BCUT2D eigenvalue weighted by atomic mass is 32.1. The third kappa shape index (κ3) is 5.17. The van der Waals surface area contributed by atoms with Crippen molar-refractivity contribution >= 4 is 23.2 Å². The lowest BCUT2D eigenvalue weighted by molar-refractivity contribution is -0.127. The van der Waals surface area contributed by atoms with Crippen LogP contribution >= 0.6 is 11.3 Å². The van der Waals surface area contributed by atoms with E-state index in [0.29, 0.717) is 12.0 Å². The number of carbonyl (C=O) groups is 1. The predicted octanol–water partition coefficient (Wildman–Crippen LogP) is -0.129. The summed E-state index contributed by atoms with van der Waals surface area (Å²) in [6.45, 7) is 7.52. The van der Waals surface area contributed by atoms with Gasteiger partial charge in [0.2, 0.25) is 5.91 Å².